The molecule has 0 spiro atoms. The third kappa shape index (κ3) is 1.20. The molecule has 0 aliphatic heterocycles. The predicted molar refractivity (Wildman–Crippen MR) is 49.9 cm³/mol. The van der Waals surface area contributed by atoms with Crippen LogP contribution >= 0.6 is 0 Å². The van der Waals surface area contributed by atoms with Gasteiger partial charge in [-0.1, -0.05) is 25.0 Å². The second kappa shape index (κ2) is 2.88. The van der Waals surface area contributed by atoms with Crippen LogP contribution in [0.25, 0.3) is 0 Å². The summed E-state index contributed by atoms with van der Waals surface area (Å²) < 4.78 is 0. The molecule has 2 rings (SSSR count). The molecule has 2 aliphatic rings. The smallest absolute Gasteiger partial charge is 0.0712 e. The first kappa shape index (κ1) is 8.31. The van der Waals surface area contributed by atoms with Gasteiger partial charge >= 0.3 is 0 Å². The molecule has 0 heterocycles. The highest BCUT2D eigenvalue weighted by molar-refractivity contribution is 5.13. The molecule has 1 heteroatoms. The van der Waals surface area contributed by atoms with Crippen LogP contribution in [-0.4, -0.2) is 10.7 Å². The molecule has 1 nitrogen and oxygen atoms in total. The first-order chi connectivity index (χ1) is 5.72. The van der Waals surface area contributed by atoms with E-state index in [-0.39, 0.29) is 5.60 Å². The van der Waals surface area contributed by atoms with Gasteiger partial charge in [0.05, 0.1) is 5.60 Å². The Hall–Kier alpha value is -0.300. The molecule has 0 saturated heterocycles. The fourth-order valence-electron chi connectivity index (χ4n) is 2.90. The second-order valence-corrected chi connectivity index (χ2v) is 4.41. The molecule has 1 N–H and O–H groups in total. The van der Waals surface area contributed by atoms with Crippen molar-refractivity contribution in [3.63, 3.8) is 0 Å². The van der Waals surface area contributed by atoms with Crippen molar-refractivity contribution in [3.05, 3.63) is 12.2 Å². The highest BCUT2D eigenvalue weighted by atomic mass is 16.3. The van der Waals surface area contributed by atoms with Crippen molar-refractivity contribution in [1.82, 2.24) is 0 Å². The summed E-state index contributed by atoms with van der Waals surface area (Å²) in [5, 5.41) is 10.3. The van der Waals surface area contributed by atoms with Gasteiger partial charge in [0, 0.05) is 5.92 Å². The van der Waals surface area contributed by atoms with Crippen LogP contribution in [0.1, 0.15) is 44.9 Å². The average molecular weight is 166 g/mol. The van der Waals surface area contributed by atoms with Gasteiger partial charge in [-0.05, 0) is 32.1 Å². The van der Waals surface area contributed by atoms with E-state index in [1.54, 1.807) is 0 Å². The van der Waals surface area contributed by atoms with Crippen molar-refractivity contribution in [3.8, 4) is 0 Å². The molecule has 0 radical (unpaired) electrons. The highest BCUT2D eigenvalue weighted by Gasteiger charge is 2.41. The van der Waals surface area contributed by atoms with E-state index in [4.69, 9.17) is 0 Å². The molecule has 2 fully saturated rings. The van der Waals surface area contributed by atoms with Crippen LogP contribution in [0.3, 0.4) is 0 Å². The topological polar surface area (TPSA) is 20.2 Å². The average Bonchev–Trinajstić information content (AvgIpc) is 2.04. The third-order valence-electron chi connectivity index (χ3n) is 3.60. The zero-order valence-electron chi connectivity index (χ0n) is 7.68. The van der Waals surface area contributed by atoms with Crippen LogP contribution in [-0.2, 0) is 0 Å². The van der Waals surface area contributed by atoms with E-state index in [0.29, 0.717) is 5.92 Å². The lowest BCUT2D eigenvalue weighted by atomic mass is 9.65. The number of hydrogen-bond acceptors (Lipinski definition) is 1. The maximum absolute atomic E-state index is 10.3. The summed E-state index contributed by atoms with van der Waals surface area (Å²) >= 11 is 0. The molecule has 2 atom stereocenters. The highest BCUT2D eigenvalue weighted by Crippen LogP contribution is 2.45. The third-order valence-corrected chi connectivity index (χ3v) is 3.60. The summed E-state index contributed by atoms with van der Waals surface area (Å²) in [4.78, 5) is 0. The minimum absolute atomic E-state index is 0.354. The summed E-state index contributed by atoms with van der Waals surface area (Å²) in [6.07, 6.45) is 7.98. The first-order valence-corrected chi connectivity index (χ1v) is 5.12. The van der Waals surface area contributed by atoms with Gasteiger partial charge < -0.3 is 5.11 Å². The van der Waals surface area contributed by atoms with Crippen LogP contribution in [0.5, 0.6) is 0 Å². The molecule has 68 valence electrons. The fourth-order valence-corrected chi connectivity index (χ4v) is 2.90. The van der Waals surface area contributed by atoms with Crippen LogP contribution < -0.4 is 0 Å². The van der Waals surface area contributed by atoms with Crippen molar-refractivity contribution >= 4 is 0 Å². The van der Waals surface area contributed by atoms with E-state index in [0.717, 1.165) is 25.7 Å². The number of aliphatic hydroxyl groups is 1. The molecular weight excluding hydrogens is 148 g/mol. The molecule has 0 amide bonds. The lowest BCUT2D eigenvalue weighted by Crippen LogP contribution is -2.43. The lowest BCUT2D eigenvalue weighted by Gasteiger charge is -2.44. The van der Waals surface area contributed by atoms with Gasteiger partial charge in [-0.3, -0.25) is 0 Å². The quantitative estimate of drug-likeness (QED) is 0.548. The Balaban J connectivity index is 2.18. The Bertz CT molecular complexity index is 193. The Morgan fingerprint density at radius 3 is 2.75 bits per heavy atom. The molecule has 0 unspecified atom stereocenters. The van der Waals surface area contributed by atoms with E-state index in [2.05, 4.69) is 6.58 Å². The second-order valence-electron chi connectivity index (χ2n) is 4.41. The van der Waals surface area contributed by atoms with E-state index >= 15 is 0 Å². The SMILES string of the molecule is C=C1CCC[C@]2(O)CCCC[C@@H]12. The monoisotopic (exact) mass is 166 g/mol. The normalized spacial score (nSPS) is 42.4. The zero-order valence-corrected chi connectivity index (χ0v) is 7.68. The zero-order chi connectivity index (χ0) is 8.60. The number of hydrogen-bond donors (Lipinski definition) is 1. The summed E-state index contributed by atoms with van der Waals surface area (Å²) in [6.45, 7) is 4.08. The predicted octanol–water partition coefficient (Wildman–Crippen LogP) is 2.65. The van der Waals surface area contributed by atoms with E-state index in [9.17, 15) is 5.11 Å². The first-order valence-electron chi connectivity index (χ1n) is 5.12. The maximum atomic E-state index is 10.3. The van der Waals surface area contributed by atoms with E-state index in [1.165, 1.54) is 24.8 Å². The van der Waals surface area contributed by atoms with Gasteiger partial charge in [0.1, 0.15) is 0 Å². The Kier molecular flexibility index (Phi) is 1.99. The Morgan fingerprint density at radius 2 is 2.00 bits per heavy atom. The lowest BCUT2D eigenvalue weighted by molar-refractivity contribution is -0.0533. The largest absolute Gasteiger partial charge is 0.389 e. The Morgan fingerprint density at radius 1 is 1.25 bits per heavy atom. The molecular formula is C11H18O. The van der Waals surface area contributed by atoms with Gasteiger partial charge in [-0.2, -0.15) is 0 Å². The molecule has 0 aromatic heterocycles. The van der Waals surface area contributed by atoms with Gasteiger partial charge in [-0.15, -0.1) is 0 Å². The molecule has 0 aromatic rings. The minimum Gasteiger partial charge on any atom is -0.389 e. The number of fused-ring (bicyclic) bond motifs is 1. The van der Waals surface area contributed by atoms with Crippen molar-refractivity contribution < 1.29 is 5.11 Å². The fraction of sp³-hybridized carbons (Fsp3) is 0.818. The maximum Gasteiger partial charge on any atom is 0.0712 e. The van der Waals surface area contributed by atoms with Gasteiger partial charge in [0.2, 0.25) is 0 Å². The van der Waals surface area contributed by atoms with Crippen molar-refractivity contribution in [1.29, 1.82) is 0 Å². The van der Waals surface area contributed by atoms with Crippen LogP contribution in [0, 0.1) is 5.92 Å². The molecule has 2 saturated carbocycles. The van der Waals surface area contributed by atoms with Gasteiger partial charge in [0.15, 0.2) is 0 Å². The molecule has 0 aromatic carbocycles. The van der Waals surface area contributed by atoms with Crippen molar-refractivity contribution in [2.45, 2.75) is 50.5 Å². The van der Waals surface area contributed by atoms with Crippen LogP contribution in [0.4, 0.5) is 0 Å². The summed E-state index contributed by atoms with van der Waals surface area (Å²) in [7, 11) is 0. The standard InChI is InChI=1S/C11H18O/c1-9-5-4-8-11(12)7-3-2-6-10(9)11/h10,12H,1-8H2/t10-,11+/m0/s1. The molecule has 12 heavy (non-hydrogen) atoms. The van der Waals surface area contributed by atoms with Crippen LogP contribution in [0.2, 0.25) is 0 Å². The molecule has 2 aliphatic carbocycles. The van der Waals surface area contributed by atoms with E-state index in [1.807, 2.05) is 0 Å². The number of rotatable bonds is 0. The minimum atomic E-state index is -0.354. The summed E-state index contributed by atoms with van der Waals surface area (Å²) in [6, 6.07) is 0. The summed E-state index contributed by atoms with van der Waals surface area (Å²) in [5.74, 6) is 0.431. The van der Waals surface area contributed by atoms with Crippen molar-refractivity contribution in [2.24, 2.45) is 5.92 Å². The summed E-state index contributed by atoms with van der Waals surface area (Å²) in [5.41, 5.74) is 0.955. The Labute approximate surface area is 74.5 Å². The van der Waals surface area contributed by atoms with Gasteiger partial charge in [0.25, 0.3) is 0 Å². The van der Waals surface area contributed by atoms with E-state index < -0.39 is 0 Å². The van der Waals surface area contributed by atoms with Crippen molar-refractivity contribution in [2.75, 3.05) is 0 Å². The van der Waals surface area contributed by atoms with Gasteiger partial charge in [-0.25, -0.2) is 0 Å². The molecule has 0 bridgehead atoms. The van der Waals surface area contributed by atoms with Crippen LogP contribution in [0.15, 0.2) is 12.2 Å².